The zero-order valence-corrected chi connectivity index (χ0v) is 18.7. The number of thiazole rings is 1. The second-order valence-corrected chi connectivity index (χ2v) is 10.7. The van der Waals surface area contributed by atoms with Gasteiger partial charge in [-0.3, -0.25) is 9.69 Å². The molecule has 1 aromatic carbocycles. The van der Waals surface area contributed by atoms with E-state index in [9.17, 15) is 13.2 Å². The Bertz CT molecular complexity index is 935. The Labute approximate surface area is 176 Å². The van der Waals surface area contributed by atoms with Gasteiger partial charge in [0.2, 0.25) is 15.9 Å². The maximum atomic E-state index is 12.7. The first-order chi connectivity index (χ1) is 13.8. The highest BCUT2D eigenvalue weighted by Gasteiger charge is 2.26. The summed E-state index contributed by atoms with van der Waals surface area (Å²) in [6, 6.07) is 6.08. The Morgan fingerprint density at radius 3 is 2.48 bits per heavy atom. The van der Waals surface area contributed by atoms with E-state index >= 15 is 0 Å². The van der Waals surface area contributed by atoms with Gasteiger partial charge in [-0.2, -0.15) is 4.31 Å². The van der Waals surface area contributed by atoms with E-state index in [4.69, 9.17) is 0 Å². The van der Waals surface area contributed by atoms with Crippen LogP contribution in [0.5, 0.6) is 0 Å². The summed E-state index contributed by atoms with van der Waals surface area (Å²) in [5.41, 5.74) is 0.585. The number of anilines is 1. The molecule has 1 fully saturated rings. The first kappa shape index (κ1) is 21.9. The van der Waals surface area contributed by atoms with Gasteiger partial charge in [-0.25, -0.2) is 13.4 Å². The molecular weight excluding hydrogens is 408 g/mol. The van der Waals surface area contributed by atoms with E-state index in [2.05, 4.69) is 10.3 Å². The lowest BCUT2D eigenvalue weighted by Crippen LogP contribution is -2.39. The molecule has 1 aliphatic heterocycles. The van der Waals surface area contributed by atoms with E-state index in [1.54, 1.807) is 39.9 Å². The largest absolute Gasteiger partial charge is 0.325 e. The van der Waals surface area contributed by atoms with Crippen LogP contribution in [0.4, 0.5) is 5.69 Å². The number of amides is 1. The van der Waals surface area contributed by atoms with E-state index in [-0.39, 0.29) is 16.8 Å². The molecule has 1 atom stereocenters. The van der Waals surface area contributed by atoms with Gasteiger partial charge in [-0.15, -0.1) is 11.3 Å². The number of benzene rings is 1. The minimum Gasteiger partial charge on any atom is -0.325 e. The smallest absolute Gasteiger partial charge is 0.243 e. The Balaban J connectivity index is 1.60. The zero-order valence-electron chi connectivity index (χ0n) is 17.1. The van der Waals surface area contributed by atoms with Gasteiger partial charge in [-0.05, 0) is 58.0 Å². The van der Waals surface area contributed by atoms with Gasteiger partial charge in [0.1, 0.15) is 0 Å². The molecule has 0 spiro atoms. The Morgan fingerprint density at radius 1 is 1.24 bits per heavy atom. The highest BCUT2D eigenvalue weighted by atomic mass is 32.2. The van der Waals surface area contributed by atoms with E-state index < -0.39 is 10.0 Å². The van der Waals surface area contributed by atoms with Crippen molar-refractivity contribution in [2.75, 3.05) is 25.5 Å². The van der Waals surface area contributed by atoms with E-state index in [0.717, 1.165) is 29.1 Å². The van der Waals surface area contributed by atoms with Crippen LogP contribution in [-0.2, 0) is 21.4 Å². The van der Waals surface area contributed by atoms with Crippen LogP contribution in [-0.4, -0.2) is 54.7 Å². The number of aromatic nitrogens is 1. The molecule has 158 valence electrons. The maximum absolute atomic E-state index is 12.7. The van der Waals surface area contributed by atoms with Gasteiger partial charge in [0.15, 0.2) is 0 Å². The number of carbonyl (C=O) groups is 1. The average Bonchev–Trinajstić information content (AvgIpc) is 3.13. The molecule has 1 amide bonds. The van der Waals surface area contributed by atoms with Crippen molar-refractivity contribution in [3.8, 4) is 0 Å². The summed E-state index contributed by atoms with van der Waals surface area (Å²) in [4.78, 5) is 20.2. The molecule has 1 N–H and O–H groups in total. The van der Waals surface area contributed by atoms with Crippen LogP contribution in [0.25, 0.3) is 0 Å². The standard InChI is InChI=1S/C20H28N4O3S2/c1-15(23(3)14-18-13-21-16(2)28-18)20(25)22-17-7-9-19(10-8-17)29(26,27)24-11-5-4-6-12-24/h7-10,13,15H,4-6,11-12,14H2,1-3H3,(H,22,25)/t15-/m1/s1. The molecule has 1 aromatic heterocycles. The topological polar surface area (TPSA) is 82.6 Å². The average molecular weight is 437 g/mol. The maximum Gasteiger partial charge on any atom is 0.243 e. The fraction of sp³-hybridized carbons (Fsp3) is 0.500. The van der Waals surface area contributed by atoms with E-state index in [0.29, 0.717) is 25.3 Å². The predicted molar refractivity (Wildman–Crippen MR) is 115 cm³/mol. The van der Waals surface area contributed by atoms with Gasteiger partial charge >= 0.3 is 0 Å². The lowest BCUT2D eigenvalue weighted by Gasteiger charge is -2.26. The SMILES string of the molecule is Cc1ncc(CN(C)[C@H](C)C(=O)Nc2ccc(S(=O)(=O)N3CCCCC3)cc2)s1. The Kier molecular flexibility index (Phi) is 7.05. The number of hydrogen-bond acceptors (Lipinski definition) is 6. The second kappa shape index (κ2) is 9.34. The van der Waals surface area contributed by atoms with Crippen molar-refractivity contribution in [3.05, 3.63) is 40.3 Å². The van der Waals surface area contributed by atoms with Crippen molar-refractivity contribution in [1.82, 2.24) is 14.2 Å². The fourth-order valence-electron chi connectivity index (χ4n) is 3.27. The summed E-state index contributed by atoms with van der Waals surface area (Å²) >= 11 is 1.62. The lowest BCUT2D eigenvalue weighted by atomic mass is 10.2. The number of hydrogen-bond donors (Lipinski definition) is 1. The van der Waals surface area contributed by atoms with Crippen LogP contribution >= 0.6 is 11.3 Å². The number of piperidine rings is 1. The van der Waals surface area contributed by atoms with E-state index in [1.807, 2.05) is 32.0 Å². The number of nitrogens with one attached hydrogen (secondary N) is 1. The molecule has 29 heavy (non-hydrogen) atoms. The Morgan fingerprint density at radius 2 is 1.90 bits per heavy atom. The minimum absolute atomic E-state index is 0.139. The number of nitrogens with zero attached hydrogens (tertiary/aromatic N) is 3. The van der Waals surface area contributed by atoms with Crippen LogP contribution in [0.3, 0.4) is 0 Å². The summed E-state index contributed by atoms with van der Waals surface area (Å²) in [5.74, 6) is -0.139. The van der Waals surface area contributed by atoms with Crippen molar-refractivity contribution < 1.29 is 13.2 Å². The first-order valence-corrected chi connectivity index (χ1v) is 12.1. The molecule has 0 saturated carbocycles. The highest BCUT2D eigenvalue weighted by molar-refractivity contribution is 7.89. The van der Waals surface area contributed by atoms with Crippen molar-refractivity contribution in [3.63, 3.8) is 0 Å². The molecule has 3 rings (SSSR count). The normalized spacial score (nSPS) is 16.7. The molecule has 7 nitrogen and oxygen atoms in total. The monoisotopic (exact) mass is 436 g/mol. The highest BCUT2D eigenvalue weighted by Crippen LogP contribution is 2.22. The van der Waals surface area contributed by atoms with Crippen LogP contribution in [0.2, 0.25) is 0 Å². The van der Waals surface area contributed by atoms with Gasteiger partial charge in [0.05, 0.1) is 15.9 Å². The summed E-state index contributed by atoms with van der Waals surface area (Å²) in [6.07, 6.45) is 4.72. The number of carbonyl (C=O) groups excluding carboxylic acids is 1. The van der Waals surface area contributed by atoms with Crippen LogP contribution in [0, 0.1) is 6.92 Å². The summed E-state index contributed by atoms with van der Waals surface area (Å²) < 4.78 is 27.0. The molecule has 0 unspecified atom stereocenters. The number of sulfonamides is 1. The van der Waals surface area contributed by atoms with Crippen LogP contribution in [0.1, 0.15) is 36.1 Å². The number of likely N-dealkylation sites (N-methyl/N-ethyl adjacent to an activating group) is 1. The first-order valence-electron chi connectivity index (χ1n) is 9.80. The lowest BCUT2D eigenvalue weighted by molar-refractivity contribution is -0.120. The third-order valence-corrected chi connectivity index (χ3v) is 8.00. The number of aryl methyl sites for hydroxylation is 1. The molecule has 1 saturated heterocycles. The van der Waals surface area contributed by atoms with Gasteiger partial charge in [0.25, 0.3) is 0 Å². The van der Waals surface area contributed by atoms with Gasteiger partial charge in [0, 0.05) is 36.4 Å². The van der Waals surface area contributed by atoms with Gasteiger partial charge < -0.3 is 5.32 Å². The number of rotatable bonds is 7. The molecule has 0 radical (unpaired) electrons. The molecule has 0 aliphatic carbocycles. The van der Waals surface area contributed by atoms with E-state index in [1.165, 1.54) is 0 Å². The predicted octanol–water partition coefficient (Wildman–Crippen LogP) is 3.09. The molecule has 1 aliphatic rings. The molecular formula is C20H28N4O3S2. The van der Waals surface area contributed by atoms with Crippen LogP contribution in [0.15, 0.2) is 35.4 Å². The third kappa shape index (κ3) is 5.42. The van der Waals surface area contributed by atoms with Crippen molar-refractivity contribution in [2.45, 2.75) is 50.6 Å². The molecule has 2 heterocycles. The van der Waals surface area contributed by atoms with Gasteiger partial charge in [-0.1, -0.05) is 6.42 Å². The summed E-state index contributed by atoms with van der Waals surface area (Å²) in [7, 11) is -1.57. The fourth-order valence-corrected chi connectivity index (χ4v) is 5.65. The molecule has 0 bridgehead atoms. The third-order valence-electron chi connectivity index (χ3n) is 5.19. The Hall–Kier alpha value is -1.81. The summed E-state index contributed by atoms with van der Waals surface area (Å²) in [6.45, 7) is 5.60. The molecule has 2 aromatic rings. The van der Waals surface area contributed by atoms with Crippen LogP contribution < -0.4 is 5.32 Å². The molecule has 9 heteroatoms. The summed E-state index contributed by atoms with van der Waals surface area (Å²) in [5, 5.41) is 3.88. The minimum atomic E-state index is -3.46. The quantitative estimate of drug-likeness (QED) is 0.721. The zero-order chi connectivity index (χ0) is 21.0. The van der Waals surface area contributed by atoms with Crippen molar-refractivity contribution in [2.24, 2.45) is 0 Å². The second-order valence-electron chi connectivity index (χ2n) is 7.42. The van der Waals surface area contributed by atoms with Crippen molar-refractivity contribution >= 4 is 33.0 Å². The van der Waals surface area contributed by atoms with Crippen molar-refractivity contribution in [1.29, 1.82) is 0 Å².